The molecule has 1 aromatic carbocycles. The minimum Gasteiger partial charge on any atom is -0.492 e. The van der Waals surface area contributed by atoms with Crippen LogP contribution in [0.2, 0.25) is 0 Å². The normalized spacial score (nSPS) is 12.0. The fraction of sp³-hybridized carbons (Fsp3) is 0.450. The lowest BCUT2D eigenvalue weighted by atomic mass is 10.0. The van der Waals surface area contributed by atoms with Crippen LogP contribution in [0.1, 0.15) is 31.1 Å². The molecule has 2 aromatic rings. The molecule has 0 aliphatic heterocycles. The maximum Gasteiger partial charge on any atom is 0.219 e. The van der Waals surface area contributed by atoms with Crippen molar-refractivity contribution >= 4 is 0 Å². The van der Waals surface area contributed by atoms with Gasteiger partial charge in [-0.15, -0.1) is 0 Å². The predicted molar refractivity (Wildman–Crippen MR) is 103 cm³/mol. The average Bonchev–Trinajstić information content (AvgIpc) is 2.69. The smallest absolute Gasteiger partial charge is 0.219 e. The first-order chi connectivity index (χ1) is 12.8. The number of likely N-dealkylation sites (N-methyl/N-ethyl adjacent to an activating group) is 2. The van der Waals surface area contributed by atoms with Gasteiger partial charge in [-0.1, -0.05) is 26.0 Å². The molecule has 3 N–H and O–H groups in total. The van der Waals surface area contributed by atoms with E-state index in [1.165, 1.54) is 0 Å². The summed E-state index contributed by atoms with van der Waals surface area (Å²) in [6.45, 7) is 8.59. The Balaban J connectivity index is 1.98. The number of hydrogen-bond acceptors (Lipinski definition) is 6. The molecule has 142 valence electrons. The number of pyridine rings is 1. The Kier molecular flexibility index (Phi) is 8.89. The summed E-state index contributed by atoms with van der Waals surface area (Å²) in [5.74, 6) is 1.25. The molecule has 0 spiro atoms. The second-order valence-electron chi connectivity index (χ2n) is 5.77. The molecular weight excluding hydrogens is 330 g/mol. The summed E-state index contributed by atoms with van der Waals surface area (Å²) in [4.78, 5) is 4.26. The third-order valence-electron chi connectivity index (χ3n) is 3.86. The molecule has 1 aromatic heterocycles. The van der Waals surface area contributed by atoms with Crippen LogP contribution in [0.15, 0.2) is 42.6 Å². The van der Waals surface area contributed by atoms with E-state index in [0.717, 1.165) is 37.5 Å². The van der Waals surface area contributed by atoms with Crippen LogP contribution in [0.25, 0.3) is 0 Å². The topological polar surface area (TPSA) is 75.6 Å². The third-order valence-corrected chi connectivity index (χ3v) is 3.86. The summed E-state index contributed by atoms with van der Waals surface area (Å²) < 4.78 is 11.4. The van der Waals surface area contributed by atoms with Crippen molar-refractivity contribution in [3.8, 4) is 11.6 Å². The molecular formula is C20H29N3O3. The summed E-state index contributed by atoms with van der Waals surface area (Å²) in [5, 5.41) is 17.1. The maximum absolute atomic E-state index is 10.7. The zero-order chi connectivity index (χ0) is 18.6. The first-order valence-electron chi connectivity index (χ1n) is 9.16. The minimum absolute atomic E-state index is 0.462. The number of aliphatic hydroxyl groups excluding tert-OH is 1. The Morgan fingerprint density at radius 1 is 0.962 bits per heavy atom. The minimum atomic E-state index is -0.798. The highest BCUT2D eigenvalue weighted by Gasteiger charge is 2.16. The van der Waals surface area contributed by atoms with Crippen molar-refractivity contribution in [3.05, 3.63) is 53.7 Å². The Morgan fingerprint density at radius 2 is 1.62 bits per heavy atom. The number of ether oxygens (including phenoxy) is 2. The lowest BCUT2D eigenvalue weighted by molar-refractivity contribution is 0.208. The van der Waals surface area contributed by atoms with Crippen LogP contribution in [-0.2, 0) is 0 Å². The van der Waals surface area contributed by atoms with Crippen LogP contribution in [0.4, 0.5) is 0 Å². The maximum atomic E-state index is 10.7. The molecule has 2 rings (SSSR count). The van der Waals surface area contributed by atoms with E-state index < -0.39 is 6.10 Å². The molecule has 0 aliphatic carbocycles. The second-order valence-corrected chi connectivity index (χ2v) is 5.77. The van der Waals surface area contributed by atoms with Gasteiger partial charge in [0.05, 0.1) is 0 Å². The molecule has 6 heteroatoms. The van der Waals surface area contributed by atoms with Crippen LogP contribution in [0, 0.1) is 0 Å². The predicted octanol–water partition coefficient (Wildman–Crippen LogP) is 2.14. The molecule has 0 amide bonds. The summed E-state index contributed by atoms with van der Waals surface area (Å²) in [6, 6.07) is 11.1. The monoisotopic (exact) mass is 359 g/mol. The SMILES string of the molecule is CCNCCOc1ccc(C(O)c2cccnc2OCCNCC)cc1. The first-order valence-corrected chi connectivity index (χ1v) is 9.16. The highest BCUT2D eigenvalue weighted by atomic mass is 16.5. The van der Waals surface area contributed by atoms with Gasteiger partial charge in [-0.25, -0.2) is 4.98 Å². The van der Waals surface area contributed by atoms with Gasteiger partial charge in [0.1, 0.15) is 25.1 Å². The van der Waals surface area contributed by atoms with Crippen molar-refractivity contribution in [2.24, 2.45) is 0 Å². The van der Waals surface area contributed by atoms with Crippen LogP contribution in [-0.4, -0.2) is 49.5 Å². The highest BCUT2D eigenvalue weighted by Crippen LogP contribution is 2.29. The number of nitrogens with one attached hydrogen (secondary N) is 2. The number of aromatic nitrogens is 1. The van der Waals surface area contributed by atoms with Crippen LogP contribution < -0.4 is 20.1 Å². The lowest BCUT2D eigenvalue weighted by Gasteiger charge is -2.16. The molecule has 0 bridgehead atoms. The van der Waals surface area contributed by atoms with Gasteiger partial charge in [-0.2, -0.15) is 0 Å². The van der Waals surface area contributed by atoms with E-state index in [1.54, 1.807) is 12.3 Å². The fourth-order valence-corrected chi connectivity index (χ4v) is 2.47. The zero-order valence-electron chi connectivity index (χ0n) is 15.6. The quantitative estimate of drug-likeness (QED) is 0.504. The second kappa shape index (κ2) is 11.5. The van der Waals surface area contributed by atoms with E-state index in [2.05, 4.69) is 22.5 Å². The lowest BCUT2D eigenvalue weighted by Crippen LogP contribution is -2.21. The molecule has 0 aliphatic rings. The number of nitrogens with zero attached hydrogens (tertiary/aromatic N) is 1. The molecule has 1 heterocycles. The van der Waals surface area contributed by atoms with Crippen LogP contribution in [0.3, 0.4) is 0 Å². The van der Waals surface area contributed by atoms with E-state index in [1.807, 2.05) is 37.3 Å². The van der Waals surface area contributed by atoms with Crippen molar-refractivity contribution < 1.29 is 14.6 Å². The molecule has 0 fully saturated rings. The third kappa shape index (κ3) is 6.29. The van der Waals surface area contributed by atoms with Gasteiger partial charge in [-0.05, 0) is 42.9 Å². The van der Waals surface area contributed by atoms with Crippen molar-refractivity contribution in [1.29, 1.82) is 0 Å². The number of hydrogen-bond donors (Lipinski definition) is 3. The summed E-state index contributed by atoms with van der Waals surface area (Å²) in [7, 11) is 0. The van der Waals surface area contributed by atoms with Crippen LogP contribution in [0.5, 0.6) is 11.6 Å². The zero-order valence-corrected chi connectivity index (χ0v) is 15.6. The van der Waals surface area contributed by atoms with Gasteiger partial charge in [0.25, 0.3) is 0 Å². The Bertz CT molecular complexity index is 634. The van der Waals surface area contributed by atoms with Gasteiger partial charge < -0.3 is 25.2 Å². The highest BCUT2D eigenvalue weighted by molar-refractivity contribution is 5.37. The molecule has 0 saturated carbocycles. The van der Waals surface area contributed by atoms with Crippen molar-refractivity contribution in [2.45, 2.75) is 20.0 Å². The first kappa shape index (κ1) is 20.2. The van der Waals surface area contributed by atoms with Crippen molar-refractivity contribution in [1.82, 2.24) is 15.6 Å². The van der Waals surface area contributed by atoms with E-state index in [0.29, 0.717) is 24.7 Å². The molecule has 1 unspecified atom stereocenters. The molecule has 26 heavy (non-hydrogen) atoms. The molecule has 0 radical (unpaired) electrons. The summed E-state index contributed by atoms with van der Waals surface area (Å²) >= 11 is 0. The standard InChI is InChI=1S/C20H29N3O3/c1-3-21-12-14-25-17-9-7-16(8-10-17)19(24)18-6-5-11-23-20(18)26-15-13-22-4-2/h5-11,19,21-22,24H,3-4,12-15H2,1-2H3. The van der Waals surface area contributed by atoms with E-state index in [9.17, 15) is 5.11 Å². The van der Waals surface area contributed by atoms with E-state index >= 15 is 0 Å². The van der Waals surface area contributed by atoms with Crippen molar-refractivity contribution in [3.63, 3.8) is 0 Å². The summed E-state index contributed by atoms with van der Waals surface area (Å²) in [5.41, 5.74) is 1.43. The number of aliphatic hydroxyl groups is 1. The average molecular weight is 359 g/mol. The van der Waals surface area contributed by atoms with E-state index in [-0.39, 0.29) is 0 Å². The molecule has 1 atom stereocenters. The Hall–Kier alpha value is -2.15. The number of rotatable bonds is 12. The van der Waals surface area contributed by atoms with Crippen molar-refractivity contribution in [2.75, 3.05) is 39.4 Å². The van der Waals surface area contributed by atoms with Gasteiger partial charge >= 0.3 is 0 Å². The largest absolute Gasteiger partial charge is 0.492 e. The molecule has 0 saturated heterocycles. The van der Waals surface area contributed by atoms with Gasteiger partial charge in [0.15, 0.2) is 0 Å². The Labute approximate surface area is 155 Å². The van der Waals surface area contributed by atoms with Gasteiger partial charge in [0.2, 0.25) is 5.88 Å². The van der Waals surface area contributed by atoms with E-state index in [4.69, 9.17) is 9.47 Å². The Morgan fingerprint density at radius 3 is 2.27 bits per heavy atom. The molecule has 6 nitrogen and oxygen atoms in total. The van der Waals surface area contributed by atoms with Gasteiger partial charge in [0, 0.05) is 24.8 Å². The van der Waals surface area contributed by atoms with Crippen LogP contribution >= 0.6 is 0 Å². The number of benzene rings is 1. The van der Waals surface area contributed by atoms with Gasteiger partial charge in [-0.3, -0.25) is 0 Å². The summed E-state index contributed by atoms with van der Waals surface area (Å²) in [6.07, 6.45) is 0.869. The fourth-order valence-electron chi connectivity index (χ4n) is 2.47.